The highest BCUT2D eigenvalue weighted by Gasteiger charge is 2.26. The first-order valence-corrected chi connectivity index (χ1v) is 16.4. The van der Waals surface area contributed by atoms with Gasteiger partial charge in [0.1, 0.15) is 17.7 Å². The van der Waals surface area contributed by atoms with Crippen LogP contribution in [0, 0.1) is 0 Å². The van der Waals surface area contributed by atoms with Crippen LogP contribution >= 0.6 is 0 Å². The summed E-state index contributed by atoms with van der Waals surface area (Å²) in [6, 6.07) is 25.9. The maximum absolute atomic E-state index is 13.0. The number of ether oxygens (including phenoxy) is 3. The highest BCUT2D eigenvalue weighted by molar-refractivity contribution is 5.74. The number of benzene rings is 3. The van der Waals surface area contributed by atoms with Gasteiger partial charge < -0.3 is 39.8 Å². The van der Waals surface area contributed by atoms with E-state index in [0.717, 1.165) is 47.6 Å². The number of carboxylic acid groups (broad SMARTS) is 1. The molecule has 1 atom stereocenters. The number of methoxy groups -OCH3 is 1. The first kappa shape index (κ1) is 35.4. The van der Waals surface area contributed by atoms with E-state index in [1.165, 1.54) is 4.90 Å². The lowest BCUT2D eigenvalue weighted by Crippen LogP contribution is -2.50. The average molecular weight is 647 g/mol. The van der Waals surface area contributed by atoms with Crippen LogP contribution in [0.1, 0.15) is 51.2 Å². The molecule has 1 aliphatic heterocycles. The van der Waals surface area contributed by atoms with Gasteiger partial charge in [0.05, 0.1) is 13.2 Å². The zero-order valence-electron chi connectivity index (χ0n) is 28.1. The Morgan fingerprint density at radius 1 is 0.894 bits per heavy atom. The van der Waals surface area contributed by atoms with Crippen LogP contribution in [0.5, 0.6) is 11.5 Å². The maximum atomic E-state index is 13.0. The third-order valence-corrected chi connectivity index (χ3v) is 8.25. The number of amides is 3. The number of carbonyl (C=O) groups excluding carboxylic acids is 1. The summed E-state index contributed by atoms with van der Waals surface area (Å²) >= 11 is 0. The second-order valence-corrected chi connectivity index (χ2v) is 12.8. The van der Waals surface area contributed by atoms with E-state index in [9.17, 15) is 14.7 Å². The minimum absolute atomic E-state index is 0.122. The number of anilines is 1. The van der Waals surface area contributed by atoms with Crippen molar-refractivity contribution < 1.29 is 28.9 Å². The summed E-state index contributed by atoms with van der Waals surface area (Å²) in [6.07, 6.45) is 2.32. The van der Waals surface area contributed by atoms with Crippen molar-refractivity contribution in [3.05, 3.63) is 90.0 Å². The van der Waals surface area contributed by atoms with Crippen LogP contribution in [0.25, 0.3) is 0 Å². The fourth-order valence-corrected chi connectivity index (χ4v) is 5.50. The smallest absolute Gasteiger partial charge is 0.407 e. The number of urea groups is 1. The molecule has 254 valence electrons. The van der Waals surface area contributed by atoms with Crippen molar-refractivity contribution in [1.29, 1.82) is 0 Å². The van der Waals surface area contributed by atoms with Gasteiger partial charge in [-0.1, -0.05) is 42.5 Å². The third-order valence-electron chi connectivity index (χ3n) is 8.25. The van der Waals surface area contributed by atoms with Gasteiger partial charge >= 0.3 is 12.1 Å². The number of hydrogen-bond acceptors (Lipinski definition) is 6. The molecule has 0 aromatic heterocycles. The van der Waals surface area contributed by atoms with Crippen molar-refractivity contribution in [3.8, 4) is 11.5 Å². The minimum Gasteiger partial charge on any atom is -0.493 e. The predicted octanol–water partition coefficient (Wildman–Crippen LogP) is 6.66. The summed E-state index contributed by atoms with van der Waals surface area (Å²) in [5, 5.41) is 16.1. The molecule has 10 nitrogen and oxygen atoms in total. The quantitative estimate of drug-likeness (QED) is 0.125. The van der Waals surface area contributed by atoms with Crippen LogP contribution in [0.15, 0.2) is 78.9 Å². The van der Waals surface area contributed by atoms with E-state index in [4.69, 9.17) is 14.2 Å². The zero-order chi connectivity index (χ0) is 33.6. The Bertz CT molecular complexity index is 1370. The summed E-state index contributed by atoms with van der Waals surface area (Å²) in [5.41, 5.74) is 2.72. The molecule has 0 spiro atoms. The molecule has 3 N–H and O–H groups in total. The van der Waals surface area contributed by atoms with Crippen LogP contribution < -0.4 is 20.1 Å². The van der Waals surface area contributed by atoms with E-state index < -0.39 is 17.9 Å². The Balaban J connectivity index is 1.13. The Morgan fingerprint density at radius 2 is 1.49 bits per heavy atom. The van der Waals surface area contributed by atoms with Crippen molar-refractivity contribution in [3.63, 3.8) is 0 Å². The van der Waals surface area contributed by atoms with Crippen LogP contribution in [-0.4, -0.2) is 84.8 Å². The molecule has 3 aromatic carbocycles. The molecule has 0 bridgehead atoms. The van der Waals surface area contributed by atoms with Crippen LogP contribution in [-0.2, 0) is 17.6 Å². The number of nitrogens with zero attached hydrogens (tertiary/aromatic N) is 2. The molecule has 4 rings (SSSR count). The standard InChI is InChI=1S/C37H50N4O6/c1-37(2,3)41(36(43)44)24-19-28-11-15-30(16-12-28)38-31-20-22-40(23-21-31)35(42)39-34(45-4)27-29-13-17-33(18-14-29)47-26-8-25-46-32-9-6-5-7-10-32/h5-7,9-18,31,34,38H,8,19-27H2,1-4H3,(H,39,42)(H,43,44). The largest absolute Gasteiger partial charge is 0.493 e. The Kier molecular flexibility index (Phi) is 13.2. The van der Waals surface area contributed by atoms with Crippen molar-refractivity contribution >= 4 is 17.8 Å². The zero-order valence-corrected chi connectivity index (χ0v) is 28.1. The summed E-state index contributed by atoms with van der Waals surface area (Å²) in [4.78, 5) is 28.0. The van der Waals surface area contributed by atoms with E-state index in [0.29, 0.717) is 45.7 Å². The first-order valence-electron chi connectivity index (χ1n) is 16.4. The SMILES string of the molecule is COC(Cc1ccc(OCCCOc2ccccc2)cc1)NC(=O)N1CCC(Nc2ccc(CCN(C(=O)O)C(C)(C)C)cc2)CC1. The predicted molar refractivity (Wildman–Crippen MR) is 184 cm³/mol. The molecular weight excluding hydrogens is 596 g/mol. The number of likely N-dealkylation sites (tertiary alicyclic amines) is 1. The highest BCUT2D eigenvalue weighted by Crippen LogP contribution is 2.20. The van der Waals surface area contributed by atoms with Gasteiger partial charge in [0.25, 0.3) is 0 Å². The lowest BCUT2D eigenvalue weighted by molar-refractivity contribution is 0.0730. The average Bonchev–Trinajstić information content (AvgIpc) is 3.06. The molecule has 3 aromatic rings. The Hall–Kier alpha value is -4.44. The summed E-state index contributed by atoms with van der Waals surface area (Å²) in [6.45, 7) is 8.62. The number of rotatable bonds is 15. The lowest BCUT2D eigenvalue weighted by Gasteiger charge is -2.34. The molecule has 1 fully saturated rings. The van der Waals surface area contributed by atoms with Gasteiger partial charge in [-0.3, -0.25) is 0 Å². The number of para-hydroxylation sites is 1. The van der Waals surface area contributed by atoms with Crippen molar-refractivity contribution in [2.45, 2.75) is 70.7 Å². The van der Waals surface area contributed by atoms with Gasteiger partial charge in [0, 0.05) is 56.9 Å². The molecule has 0 radical (unpaired) electrons. The number of nitrogens with one attached hydrogen (secondary N) is 2. The normalized spacial score (nSPS) is 14.3. The maximum Gasteiger partial charge on any atom is 0.407 e. The van der Waals surface area contributed by atoms with E-state index in [2.05, 4.69) is 10.6 Å². The molecule has 10 heteroatoms. The molecule has 3 amide bonds. The number of hydrogen-bond donors (Lipinski definition) is 3. The second-order valence-electron chi connectivity index (χ2n) is 12.8. The van der Waals surface area contributed by atoms with Crippen LogP contribution in [0.4, 0.5) is 15.3 Å². The molecule has 0 saturated carbocycles. The molecule has 0 aliphatic carbocycles. The van der Waals surface area contributed by atoms with Crippen molar-refractivity contribution in [2.75, 3.05) is 45.3 Å². The highest BCUT2D eigenvalue weighted by atomic mass is 16.5. The van der Waals surface area contributed by atoms with Gasteiger partial charge in [-0.2, -0.15) is 0 Å². The van der Waals surface area contributed by atoms with Gasteiger partial charge in [0.15, 0.2) is 0 Å². The van der Waals surface area contributed by atoms with E-state index in [-0.39, 0.29) is 12.1 Å². The fraction of sp³-hybridized carbons (Fsp3) is 0.459. The van der Waals surface area contributed by atoms with E-state index in [1.54, 1.807) is 7.11 Å². The van der Waals surface area contributed by atoms with Crippen molar-refractivity contribution in [1.82, 2.24) is 15.1 Å². The molecular formula is C37H50N4O6. The topological polar surface area (TPSA) is 113 Å². The summed E-state index contributed by atoms with van der Waals surface area (Å²) in [5.74, 6) is 1.65. The monoisotopic (exact) mass is 646 g/mol. The Morgan fingerprint density at radius 3 is 2.06 bits per heavy atom. The summed E-state index contributed by atoms with van der Waals surface area (Å²) in [7, 11) is 1.61. The second kappa shape index (κ2) is 17.5. The Labute approximate surface area is 279 Å². The van der Waals surface area contributed by atoms with Crippen LogP contribution in [0.3, 0.4) is 0 Å². The van der Waals surface area contributed by atoms with Crippen LogP contribution in [0.2, 0.25) is 0 Å². The summed E-state index contributed by atoms with van der Waals surface area (Å²) < 4.78 is 17.1. The first-order chi connectivity index (χ1) is 22.6. The number of carbonyl (C=O) groups is 2. The lowest BCUT2D eigenvalue weighted by atomic mass is 10.0. The van der Waals surface area contributed by atoms with Gasteiger partial charge in [-0.15, -0.1) is 0 Å². The molecule has 1 saturated heterocycles. The van der Waals surface area contributed by atoms with Gasteiger partial charge in [-0.25, -0.2) is 9.59 Å². The van der Waals surface area contributed by atoms with E-state index in [1.807, 2.05) is 105 Å². The molecule has 1 unspecified atom stereocenters. The fourth-order valence-electron chi connectivity index (χ4n) is 5.50. The molecule has 1 aliphatic rings. The van der Waals surface area contributed by atoms with Crippen molar-refractivity contribution in [2.24, 2.45) is 0 Å². The molecule has 1 heterocycles. The van der Waals surface area contributed by atoms with Gasteiger partial charge in [0.2, 0.25) is 0 Å². The third kappa shape index (κ3) is 11.7. The molecule has 47 heavy (non-hydrogen) atoms. The minimum atomic E-state index is -0.901. The number of piperidine rings is 1. The van der Waals surface area contributed by atoms with E-state index >= 15 is 0 Å². The van der Waals surface area contributed by atoms with Gasteiger partial charge in [-0.05, 0) is 87.6 Å².